The maximum atomic E-state index is 12.3. The zero-order valence-electron chi connectivity index (χ0n) is 12.9. The lowest BCUT2D eigenvalue weighted by Gasteiger charge is -2.33. The Kier molecular flexibility index (Phi) is 6.95. The van der Waals surface area contributed by atoms with Gasteiger partial charge in [0, 0.05) is 25.0 Å². The number of likely N-dealkylation sites (tertiary alicyclic amines) is 1. The third-order valence-corrected chi connectivity index (χ3v) is 3.94. The number of rotatable bonds is 6. The molecule has 0 aliphatic carbocycles. The van der Waals surface area contributed by atoms with Crippen LogP contribution in [0.3, 0.4) is 0 Å². The van der Waals surface area contributed by atoms with Crippen LogP contribution in [0.1, 0.15) is 40.0 Å². The highest BCUT2D eigenvalue weighted by molar-refractivity contribution is 5.80. The molecule has 0 saturated carbocycles. The highest BCUT2D eigenvalue weighted by Crippen LogP contribution is 2.17. The van der Waals surface area contributed by atoms with Gasteiger partial charge in [-0.25, -0.2) is 5.84 Å². The summed E-state index contributed by atoms with van der Waals surface area (Å²) in [7, 11) is 0. The molecule has 0 unspecified atom stereocenters. The normalized spacial score (nSPS) is 16.8. The van der Waals surface area contributed by atoms with E-state index in [1.54, 1.807) is 0 Å². The van der Waals surface area contributed by atoms with Gasteiger partial charge in [-0.05, 0) is 39.7 Å². The monoisotopic (exact) mass is 284 g/mol. The first-order valence-electron chi connectivity index (χ1n) is 7.51. The van der Waals surface area contributed by atoms with Crippen LogP contribution in [0.4, 0.5) is 0 Å². The highest BCUT2D eigenvalue weighted by atomic mass is 16.2. The molecule has 2 amide bonds. The minimum atomic E-state index is -0.119. The second kappa shape index (κ2) is 8.21. The zero-order chi connectivity index (χ0) is 15.1. The molecule has 0 spiro atoms. The van der Waals surface area contributed by atoms with Crippen molar-refractivity contribution < 1.29 is 9.59 Å². The number of nitrogens with zero attached hydrogens (tertiary/aromatic N) is 2. The average molecular weight is 284 g/mol. The van der Waals surface area contributed by atoms with E-state index in [4.69, 9.17) is 5.84 Å². The van der Waals surface area contributed by atoms with Crippen LogP contribution in [0.15, 0.2) is 0 Å². The number of piperidine rings is 1. The Morgan fingerprint density at radius 2 is 1.95 bits per heavy atom. The summed E-state index contributed by atoms with van der Waals surface area (Å²) in [5.74, 6) is 5.14. The van der Waals surface area contributed by atoms with Crippen LogP contribution in [-0.4, -0.2) is 53.8 Å². The molecule has 6 heteroatoms. The molecule has 1 aliphatic rings. The minimum Gasteiger partial charge on any atom is -0.342 e. The SMILES string of the molecule is CCCN(CC(=O)N1CCC(C(=O)NN)CC1)C(C)C. The summed E-state index contributed by atoms with van der Waals surface area (Å²) in [4.78, 5) is 27.8. The Balaban J connectivity index is 2.44. The molecule has 1 rings (SSSR count). The van der Waals surface area contributed by atoms with Crippen molar-refractivity contribution in [2.24, 2.45) is 11.8 Å². The van der Waals surface area contributed by atoms with Crippen LogP contribution in [0.2, 0.25) is 0 Å². The summed E-state index contributed by atoms with van der Waals surface area (Å²) >= 11 is 0. The van der Waals surface area contributed by atoms with Gasteiger partial charge < -0.3 is 4.90 Å². The maximum Gasteiger partial charge on any atom is 0.237 e. The Labute approximate surface area is 121 Å². The molecule has 20 heavy (non-hydrogen) atoms. The number of nitrogens with one attached hydrogen (secondary N) is 1. The fourth-order valence-electron chi connectivity index (χ4n) is 2.59. The van der Waals surface area contributed by atoms with Crippen molar-refractivity contribution >= 4 is 11.8 Å². The summed E-state index contributed by atoms with van der Waals surface area (Å²) in [5, 5.41) is 0. The largest absolute Gasteiger partial charge is 0.342 e. The van der Waals surface area contributed by atoms with Crippen molar-refractivity contribution in [2.45, 2.75) is 46.1 Å². The number of nitrogens with two attached hydrogens (primary N) is 1. The van der Waals surface area contributed by atoms with Crippen molar-refractivity contribution in [3.63, 3.8) is 0 Å². The molecule has 1 aliphatic heterocycles. The van der Waals surface area contributed by atoms with Gasteiger partial charge in [0.25, 0.3) is 0 Å². The van der Waals surface area contributed by atoms with Gasteiger partial charge in [0.15, 0.2) is 0 Å². The van der Waals surface area contributed by atoms with Crippen LogP contribution < -0.4 is 11.3 Å². The zero-order valence-corrected chi connectivity index (χ0v) is 12.9. The first-order valence-corrected chi connectivity index (χ1v) is 7.51. The van der Waals surface area contributed by atoms with E-state index in [0.717, 1.165) is 13.0 Å². The van der Waals surface area contributed by atoms with Crippen LogP contribution >= 0.6 is 0 Å². The quantitative estimate of drug-likeness (QED) is 0.419. The summed E-state index contributed by atoms with van der Waals surface area (Å²) in [5.41, 5.74) is 2.19. The molecular formula is C14H28N4O2. The van der Waals surface area contributed by atoms with Gasteiger partial charge in [-0.2, -0.15) is 0 Å². The van der Waals surface area contributed by atoms with E-state index in [0.29, 0.717) is 38.5 Å². The van der Waals surface area contributed by atoms with E-state index < -0.39 is 0 Å². The minimum absolute atomic E-state index is 0.0547. The first-order chi connectivity index (χ1) is 9.49. The number of hydrazine groups is 1. The third kappa shape index (κ3) is 4.76. The van der Waals surface area contributed by atoms with Crippen LogP contribution in [0, 0.1) is 5.92 Å². The summed E-state index contributed by atoms with van der Waals surface area (Å²) in [6, 6.07) is 0.374. The van der Waals surface area contributed by atoms with E-state index in [1.165, 1.54) is 0 Å². The predicted molar refractivity (Wildman–Crippen MR) is 78.6 cm³/mol. The van der Waals surface area contributed by atoms with Crippen LogP contribution in [0.5, 0.6) is 0 Å². The van der Waals surface area contributed by atoms with E-state index in [-0.39, 0.29) is 17.7 Å². The lowest BCUT2D eigenvalue weighted by molar-refractivity contribution is -0.136. The van der Waals surface area contributed by atoms with Crippen molar-refractivity contribution in [3.8, 4) is 0 Å². The lowest BCUT2D eigenvalue weighted by Crippen LogP contribution is -2.48. The smallest absolute Gasteiger partial charge is 0.237 e. The molecule has 1 saturated heterocycles. The van der Waals surface area contributed by atoms with Crippen LogP contribution in [-0.2, 0) is 9.59 Å². The van der Waals surface area contributed by atoms with E-state index in [9.17, 15) is 9.59 Å². The summed E-state index contributed by atoms with van der Waals surface area (Å²) < 4.78 is 0. The molecule has 116 valence electrons. The molecular weight excluding hydrogens is 256 g/mol. The molecule has 0 aromatic carbocycles. The summed E-state index contributed by atoms with van der Waals surface area (Å²) in [6.45, 7) is 9.05. The maximum absolute atomic E-state index is 12.3. The second-order valence-electron chi connectivity index (χ2n) is 5.73. The van der Waals surface area contributed by atoms with E-state index in [1.807, 2.05) is 4.90 Å². The van der Waals surface area contributed by atoms with E-state index >= 15 is 0 Å². The van der Waals surface area contributed by atoms with Crippen molar-refractivity contribution in [3.05, 3.63) is 0 Å². The number of hydrogen-bond acceptors (Lipinski definition) is 4. The molecule has 0 atom stereocenters. The molecule has 3 N–H and O–H groups in total. The average Bonchev–Trinajstić information content (AvgIpc) is 2.45. The molecule has 0 radical (unpaired) electrons. The molecule has 1 heterocycles. The molecule has 1 fully saturated rings. The lowest BCUT2D eigenvalue weighted by atomic mass is 9.96. The van der Waals surface area contributed by atoms with Gasteiger partial charge in [-0.3, -0.25) is 19.9 Å². The molecule has 6 nitrogen and oxygen atoms in total. The van der Waals surface area contributed by atoms with Crippen molar-refractivity contribution in [1.29, 1.82) is 0 Å². The van der Waals surface area contributed by atoms with Gasteiger partial charge >= 0.3 is 0 Å². The third-order valence-electron chi connectivity index (χ3n) is 3.94. The van der Waals surface area contributed by atoms with Crippen LogP contribution in [0.25, 0.3) is 0 Å². The topological polar surface area (TPSA) is 78.7 Å². The molecule has 0 aromatic rings. The Morgan fingerprint density at radius 3 is 2.40 bits per heavy atom. The highest BCUT2D eigenvalue weighted by Gasteiger charge is 2.27. The van der Waals surface area contributed by atoms with E-state index in [2.05, 4.69) is 31.1 Å². The van der Waals surface area contributed by atoms with Gasteiger partial charge in [0.1, 0.15) is 0 Å². The first kappa shape index (κ1) is 16.9. The molecule has 0 aromatic heterocycles. The standard InChI is InChI=1S/C14H28N4O2/c1-4-7-18(11(2)3)10-13(19)17-8-5-12(6-9-17)14(20)16-15/h11-12H,4-10,15H2,1-3H3,(H,16,20). The Morgan fingerprint density at radius 1 is 1.35 bits per heavy atom. The fraction of sp³-hybridized carbons (Fsp3) is 0.857. The van der Waals surface area contributed by atoms with Gasteiger partial charge in [-0.15, -0.1) is 0 Å². The fourth-order valence-corrected chi connectivity index (χ4v) is 2.59. The number of hydrogen-bond donors (Lipinski definition) is 2. The number of carbonyl (C=O) groups is 2. The second-order valence-corrected chi connectivity index (χ2v) is 5.73. The molecule has 0 bridgehead atoms. The Hall–Kier alpha value is -1.14. The van der Waals surface area contributed by atoms with Gasteiger partial charge in [0.05, 0.1) is 6.54 Å². The van der Waals surface area contributed by atoms with Crippen molar-refractivity contribution in [1.82, 2.24) is 15.2 Å². The van der Waals surface area contributed by atoms with Crippen molar-refractivity contribution in [2.75, 3.05) is 26.2 Å². The van der Waals surface area contributed by atoms with Gasteiger partial charge in [-0.1, -0.05) is 6.92 Å². The van der Waals surface area contributed by atoms with Gasteiger partial charge in [0.2, 0.25) is 11.8 Å². The number of carbonyl (C=O) groups excluding carboxylic acids is 2. The number of amides is 2. The predicted octanol–water partition coefficient (Wildman–Crippen LogP) is 0.335. The summed E-state index contributed by atoms with van der Waals surface area (Å²) in [6.07, 6.45) is 2.44. The Bertz CT molecular complexity index is 325.